The topological polar surface area (TPSA) is 85.3 Å². The van der Waals surface area contributed by atoms with Crippen molar-refractivity contribution >= 4 is 62.1 Å². The van der Waals surface area contributed by atoms with Crippen LogP contribution in [0.4, 0.5) is 11.4 Å². The number of carbonyl (C=O) groups is 1. The molecule has 0 aliphatic heterocycles. The fraction of sp³-hybridized carbons (Fsp3) is 0.0500. The van der Waals surface area contributed by atoms with E-state index in [2.05, 4.69) is 31.4 Å². The number of primary amides is 1. The van der Waals surface area contributed by atoms with Gasteiger partial charge in [-0.25, -0.2) is 0 Å². The Morgan fingerprint density at radius 1 is 1.14 bits per heavy atom. The zero-order valence-electron chi connectivity index (χ0n) is 14.9. The maximum atomic E-state index is 12.2. The summed E-state index contributed by atoms with van der Waals surface area (Å²) in [5, 5.41) is 12.2. The van der Waals surface area contributed by atoms with Crippen LogP contribution in [0.3, 0.4) is 0 Å². The number of carbonyl (C=O) groups excluding carboxylic acids is 1. The molecule has 29 heavy (non-hydrogen) atoms. The van der Waals surface area contributed by atoms with E-state index in [0.717, 1.165) is 10.0 Å². The van der Waals surface area contributed by atoms with Crippen molar-refractivity contribution in [3.05, 3.63) is 86.2 Å². The highest BCUT2D eigenvalue weighted by molar-refractivity contribution is 9.10. The molecule has 4 aromatic rings. The number of hydrogen-bond acceptors (Lipinski definition) is 4. The molecule has 0 fully saturated rings. The van der Waals surface area contributed by atoms with Crippen molar-refractivity contribution in [3.63, 3.8) is 0 Å². The van der Waals surface area contributed by atoms with Crippen molar-refractivity contribution in [2.75, 3.05) is 5.32 Å². The molecule has 0 atom stereocenters. The molecule has 0 aliphatic rings. The first-order valence-corrected chi connectivity index (χ1v) is 10.1. The molecule has 146 valence electrons. The standard InChI is InChI=1S/C20H14BrCl2N5O/c21-12-6-7-15(14(22)9-12)25-18-13(19(24)29)10-28-16(26-27-20(28)17(18)23)8-11-4-2-1-3-5-11/h1-7,9-10,25H,8H2,(H2,24,29). The Kier molecular flexibility index (Phi) is 5.45. The number of amides is 1. The minimum atomic E-state index is -0.635. The van der Waals surface area contributed by atoms with Crippen LogP contribution in [0.5, 0.6) is 0 Å². The largest absolute Gasteiger partial charge is 0.365 e. The number of anilines is 2. The lowest BCUT2D eigenvalue weighted by atomic mass is 10.1. The molecule has 3 N–H and O–H groups in total. The lowest BCUT2D eigenvalue weighted by Gasteiger charge is -2.15. The Balaban J connectivity index is 1.82. The van der Waals surface area contributed by atoms with Gasteiger partial charge in [-0.05, 0) is 23.8 Å². The van der Waals surface area contributed by atoms with Crippen molar-refractivity contribution < 1.29 is 4.79 Å². The molecule has 2 aromatic carbocycles. The molecular weight excluding hydrogens is 477 g/mol. The summed E-state index contributed by atoms with van der Waals surface area (Å²) in [6, 6.07) is 15.1. The van der Waals surface area contributed by atoms with Crippen LogP contribution in [0, 0.1) is 0 Å². The third kappa shape index (κ3) is 3.94. The van der Waals surface area contributed by atoms with Crippen molar-refractivity contribution in [1.29, 1.82) is 0 Å². The molecule has 2 heterocycles. The minimum absolute atomic E-state index is 0.204. The smallest absolute Gasteiger partial charge is 0.252 e. The Labute approximate surface area is 184 Å². The lowest BCUT2D eigenvalue weighted by Crippen LogP contribution is -2.15. The molecule has 9 heteroatoms. The number of pyridine rings is 1. The van der Waals surface area contributed by atoms with Crippen LogP contribution in [0.25, 0.3) is 5.65 Å². The van der Waals surface area contributed by atoms with Gasteiger partial charge in [0, 0.05) is 17.1 Å². The first kappa shape index (κ1) is 19.7. The van der Waals surface area contributed by atoms with Crippen LogP contribution in [0.2, 0.25) is 10.0 Å². The number of aromatic nitrogens is 3. The van der Waals surface area contributed by atoms with E-state index in [0.29, 0.717) is 34.3 Å². The molecule has 6 nitrogen and oxygen atoms in total. The molecule has 4 rings (SSSR count). The number of halogens is 3. The summed E-state index contributed by atoms with van der Waals surface area (Å²) in [6.07, 6.45) is 2.12. The third-order valence-corrected chi connectivity index (χ3v) is 5.54. The minimum Gasteiger partial charge on any atom is -0.365 e. The van der Waals surface area contributed by atoms with Gasteiger partial charge in [-0.2, -0.15) is 0 Å². The van der Waals surface area contributed by atoms with E-state index in [1.54, 1.807) is 22.7 Å². The second-order valence-corrected chi connectivity index (χ2v) is 8.02. The van der Waals surface area contributed by atoms with Crippen molar-refractivity contribution in [2.45, 2.75) is 6.42 Å². The quantitative estimate of drug-likeness (QED) is 0.401. The molecule has 0 aliphatic carbocycles. The first-order chi connectivity index (χ1) is 13.9. The Hall–Kier alpha value is -2.61. The van der Waals surface area contributed by atoms with Crippen molar-refractivity contribution in [3.8, 4) is 0 Å². The normalized spacial score (nSPS) is 11.0. The molecule has 2 aromatic heterocycles. The molecule has 0 saturated heterocycles. The van der Waals surface area contributed by atoms with Crippen molar-refractivity contribution in [1.82, 2.24) is 14.6 Å². The van der Waals surface area contributed by atoms with E-state index in [1.807, 2.05) is 36.4 Å². The van der Waals surface area contributed by atoms with E-state index in [4.69, 9.17) is 28.9 Å². The maximum Gasteiger partial charge on any atom is 0.252 e. The molecular formula is C20H14BrCl2N5O. The van der Waals surface area contributed by atoms with Gasteiger partial charge in [0.05, 0.1) is 22.0 Å². The zero-order valence-corrected chi connectivity index (χ0v) is 18.0. The van der Waals surface area contributed by atoms with E-state index >= 15 is 0 Å². The van der Waals surface area contributed by atoms with Gasteiger partial charge in [-0.3, -0.25) is 9.20 Å². The predicted molar refractivity (Wildman–Crippen MR) is 118 cm³/mol. The Morgan fingerprint density at radius 3 is 2.59 bits per heavy atom. The van der Waals surface area contributed by atoms with Gasteiger partial charge < -0.3 is 11.1 Å². The SMILES string of the molecule is NC(=O)c1cn2c(Cc3ccccc3)nnc2c(Cl)c1Nc1ccc(Br)cc1Cl. The monoisotopic (exact) mass is 489 g/mol. The molecule has 0 unspecified atom stereocenters. The summed E-state index contributed by atoms with van der Waals surface area (Å²) in [4.78, 5) is 12.2. The molecule has 0 radical (unpaired) electrons. The Bertz CT molecular complexity index is 1230. The van der Waals surface area contributed by atoms with Crippen LogP contribution in [0.1, 0.15) is 21.7 Å². The maximum absolute atomic E-state index is 12.2. The number of fused-ring (bicyclic) bond motifs is 1. The molecule has 1 amide bonds. The van der Waals surface area contributed by atoms with Crippen LogP contribution in [-0.4, -0.2) is 20.5 Å². The number of benzene rings is 2. The van der Waals surface area contributed by atoms with E-state index in [1.165, 1.54) is 0 Å². The van der Waals surface area contributed by atoms with Crippen LogP contribution < -0.4 is 11.1 Å². The van der Waals surface area contributed by atoms with Crippen LogP contribution in [0.15, 0.2) is 59.2 Å². The van der Waals surface area contributed by atoms with E-state index < -0.39 is 5.91 Å². The highest BCUT2D eigenvalue weighted by Crippen LogP contribution is 2.35. The highest BCUT2D eigenvalue weighted by atomic mass is 79.9. The summed E-state index contributed by atoms with van der Waals surface area (Å²) >= 11 is 16.2. The van der Waals surface area contributed by atoms with Crippen molar-refractivity contribution in [2.24, 2.45) is 5.73 Å². The van der Waals surface area contributed by atoms with Gasteiger partial charge in [0.25, 0.3) is 5.91 Å². The number of nitrogens with one attached hydrogen (secondary N) is 1. The van der Waals surface area contributed by atoms with Gasteiger partial charge in [0.1, 0.15) is 10.8 Å². The second kappa shape index (κ2) is 8.02. The van der Waals surface area contributed by atoms with E-state index in [-0.39, 0.29) is 10.6 Å². The molecule has 0 spiro atoms. The van der Waals surface area contributed by atoms with Gasteiger partial charge >= 0.3 is 0 Å². The van der Waals surface area contributed by atoms with Crippen LogP contribution in [-0.2, 0) is 6.42 Å². The number of nitrogens with zero attached hydrogens (tertiary/aromatic N) is 3. The van der Waals surface area contributed by atoms with Gasteiger partial charge in [0.2, 0.25) is 0 Å². The third-order valence-electron chi connectivity index (χ3n) is 4.37. The van der Waals surface area contributed by atoms with E-state index in [9.17, 15) is 4.79 Å². The highest BCUT2D eigenvalue weighted by Gasteiger charge is 2.20. The Morgan fingerprint density at radius 2 is 1.90 bits per heavy atom. The number of hydrogen-bond donors (Lipinski definition) is 2. The summed E-state index contributed by atoms with van der Waals surface area (Å²) in [7, 11) is 0. The zero-order chi connectivity index (χ0) is 20.5. The van der Waals surface area contributed by atoms with Gasteiger partial charge in [-0.15, -0.1) is 10.2 Å². The second-order valence-electron chi connectivity index (χ2n) is 6.32. The summed E-state index contributed by atoms with van der Waals surface area (Å²) < 4.78 is 2.51. The lowest BCUT2D eigenvalue weighted by molar-refractivity contribution is 0.100. The molecule has 0 bridgehead atoms. The summed E-state index contributed by atoms with van der Waals surface area (Å²) in [5.74, 6) is 0.00715. The van der Waals surface area contributed by atoms with Crippen LogP contribution >= 0.6 is 39.1 Å². The average molecular weight is 491 g/mol. The fourth-order valence-electron chi connectivity index (χ4n) is 2.97. The summed E-state index contributed by atoms with van der Waals surface area (Å²) in [5.41, 5.74) is 8.21. The van der Waals surface area contributed by atoms with Gasteiger partial charge in [0.15, 0.2) is 5.65 Å². The average Bonchev–Trinajstić information content (AvgIpc) is 3.09. The summed E-state index contributed by atoms with van der Waals surface area (Å²) in [6.45, 7) is 0. The number of rotatable bonds is 5. The fourth-order valence-corrected chi connectivity index (χ4v) is 3.96. The molecule has 0 saturated carbocycles. The number of nitrogens with two attached hydrogens (primary N) is 1. The predicted octanol–water partition coefficient (Wildman–Crippen LogP) is 5.23. The first-order valence-electron chi connectivity index (χ1n) is 8.56. The van der Waals surface area contributed by atoms with Gasteiger partial charge in [-0.1, -0.05) is 69.5 Å².